The number of hydrogen-bond donors (Lipinski definition) is 3. The van der Waals surface area contributed by atoms with E-state index in [1.165, 1.54) is 6.07 Å². The number of aromatic carboxylic acids is 1. The average Bonchev–Trinajstić information content (AvgIpc) is 2.46. The number of carboxylic acids is 1. The van der Waals surface area contributed by atoms with Crippen LogP contribution in [0, 0.1) is 0 Å². The Hall–Kier alpha value is -1.97. The topological polar surface area (TPSA) is 77.8 Å². The predicted molar refractivity (Wildman–Crippen MR) is 97.0 cm³/mol. The Balaban J connectivity index is 3.30. The van der Waals surface area contributed by atoms with Crippen LogP contribution in [0.2, 0.25) is 0 Å². The van der Waals surface area contributed by atoms with Gasteiger partial charge in [-0.05, 0) is 37.8 Å². The second kappa shape index (κ2) is 9.36. The number of rotatable bonds is 9. The van der Waals surface area contributed by atoms with Crippen LogP contribution in [0.1, 0.15) is 87.2 Å². The van der Waals surface area contributed by atoms with Crippen LogP contribution < -0.4 is 0 Å². The first kappa shape index (κ1) is 20.1. The fourth-order valence-electron chi connectivity index (χ4n) is 3.16. The molecule has 4 heteroatoms. The number of benzene rings is 1. The lowest BCUT2D eigenvalue weighted by Crippen LogP contribution is -2.07. The van der Waals surface area contributed by atoms with Crippen molar-refractivity contribution in [2.45, 2.75) is 72.1 Å². The SMILES string of the molecule is CCCCCc1cc(O)c(C(C)/C=C(/C)CCC)c(O)c1C(=O)O. The molecule has 1 aromatic rings. The molecule has 0 spiro atoms. The summed E-state index contributed by atoms with van der Waals surface area (Å²) in [5.74, 6) is -1.74. The van der Waals surface area contributed by atoms with E-state index in [0.29, 0.717) is 17.5 Å². The van der Waals surface area contributed by atoms with Crippen molar-refractivity contribution >= 4 is 5.97 Å². The van der Waals surface area contributed by atoms with Gasteiger partial charge in [-0.15, -0.1) is 0 Å². The number of carboxylic acid groups (broad SMARTS) is 1. The van der Waals surface area contributed by atoms with Crippen LogP contribution in [0.5, 0.6) is 11.5 Å². The number of carbonyl (C=O) groups is 1. The van der Waals surface area contributed by atoms with Crippen molar-refractivity contribution in [2.75, 3.05) is 0 Å². The summed E-state index contributed by atoms with van der Waals surface area (Å²) in [5, 5.41) is 30.4. The van der Waals surface area contributed by atoms with E-state index in [2.05, 4.69) is 13.8 Å². The highest BCUT2D eigenvalue weighted by atomic mass is 16.4. The molecular formula is C20H30O4. The van der Waals surface area contributed by atoms with Crippen LogP contribution in [0.15, 0.2) is 17.7 Å². The quantitative estimate of drug-likeness (QED) is 0.418. The fourth-order valence-corrected chi connectivity index (χ4v) is 3.16. The summed E-state index contributed by atoms with van der Waals surface area (Å²) in [6.45, 7) is 8.02. The van der Waals surface area contributed by atoms with E-state index in [9.17, 15) is 20.1 Å². The molecule has 0 fully saturated rings. The first-order valence-corrected chi connectivity index (χ1v) is 8.81. The van der Waals surface area contributed by atoms with Crippen LogP contribution in [0.25, 0.3) is 0 Å². The Bertz CT molecular complexity index is 602. The molecule has 0 saturated carbocycles. The Morgan fingerprint density at radius 2 is 1.88 bits per heavy atom. The van der Waals surface area contributed by atoms with Gasteiger partial charge in [-0.2, -0.15) is 0 Å². The molecule has 1 rings (SSSR count). The van der Waals surface area contributed by atoms with Gasteiger partial charge in [-0.3, -0.25) is 0 Å². The van der Waals surface area contributed by atoms with Crippen molar-refractivity contribution in [1.29, 1.82) is 0 Å². The Morgan fingerprint density at radius 1 is 1.21 bits per heavy atom. The maximum atomic E-state index is 11.6. The summed E-state index contributed by atoms with van der Waals surface area (Å²) in [7, 11) is 0. The predicted octanol–water partition coefficient (Wildman–Crippen LogP) is 5.38. The van der Waals surface area contributed by atoms with Crippen molar-refractivity contribution in [3.8, 4) is 11.5 Å². The van der Waals surface area contributed by atoms with E-state index < -0.39 is 5.97 Å². The van der Waals surface area contributed by atoms with Gasteiger partial charge in [0.05, 0.1) is 0 Å². The lowest BCUT2D eigenvalue weighted by molar-refractivity contribution is 0.0692. The van der Waals surface area contributed by atoms with Crippen LogP contribution in [0.4, 0.5) is 0 Å². The summed E-state index contributed by atoms with van der Waals surface area (Å²) in [6.07, 6.45) is 7.31. The number of unbranched alkanes of at least 4 members (excludes halogenated alkanes) is 2. The highest BCUT2D eigenvalue weighted by Crippen LogP contribution is 2.40. The Morgan fingerprint density at radius 3 is 2.42 bits per heavy atom. The smallest absolute Gasteiger partial charge is 0.339 e. The summed E-state index contributed by atoms with van der Waals surface area (Å²) in [4.78, 5) is 11.6. The number of phenols is 2. The maximum Gasteiger partial charge on any atom is 0.339 e. The third-order valence-corrected chi connectivity index (χ3v) is 4.30. The molecule has 0 bridgehead atoms. The van der Waals surface area contributed by atoms with E-state index >= 15 is 0 Å². The molecule has 3 N–H and O–H groups in total. The molecule has 1 unspecified atom stereocenters. The van der Waals surface area contributed by atoms with Crippen molar-refractivity contribution in [2.24, 2.45) is 0 Å². The molecule has 0 aliphatic carbocycles. The zero-order valence-corrected chi connectivity index (χ0v) is 15.2. The van der Waals surface area contributed by atoms with Gasteiger partial charge in [0.2, 0.25) is 0 Å². The van der Waals surface area contributed by atoms with Gasteiger partial charge in [0.25, 0.3) is 0 Å². The number of aryl methyl sites for hydroxylation is 1. The van der Waals surface area contributed by atoms with Crippen LogP contribution in [-0.2, 0) is 6.42 Å². The highest BCUT2D eigenvalue weighted by molar-refractivity contribution is 5.93. The number of allylic oxidation sites excluding steroid dienone is 2. The van der Waals surface area contributed by atoms with Crippen molar-refractivity contribution in [3.63, 3.8) is 0 Å². The van der Waals surface area contributed by atoms with Crippen LogP contribution >= 0.6 is 0 Å². The second-order valence-electron chi connectivity index (χ2n) is 6.51. The fraction of sp³-hybridized carbons (Fsp3) is 0.550. The second-order valence-corrected chi connectivity index (χ2v) is 6.51. The van der Waals surface area contributed by atoms with Gasteiger partial charge in [-0.1, -0.05) is 51.7 Å². The molecule has 0 radical (unpaired) electrons. The monoisotopic (exact) mass is 334 g/mol. The normalized spacial score (nSPS) is 13.1. The van der Waals surface area contributed by atoms with E-state index in [1.54, 1.807) is 0 Å². The molecule has 1 atom stereocenters. The number of phenolic OH excluding ortho intramolecular Hbond substituents is 1. The van der Waals surface area contributed by atoms with Crippen molar-refractivity contribution in [1.82, 2.24) is 0 Å². The van der Waals surface area contributed by atoms with Crippen LogP contribution in [-0.4, -0.2) is 21.3 Å². The van der Waals surface area contributed by atoms with Gasteiger partial charge in [-0.25, -0.2) is 4.79 Å². The molecule has 134 valence electrons. The van der Waals surface area contributed by atoms with Crippen LogP contribution in [0.3, 0.4) is 0 Å². The Kier molecular flexibility index (Phi) is 7.83. The summed E-state index contributed by atoms with van der Waals surface area (Å²) in [5.41, 5.74) is 1.87. The average molecular weight is 334 g/mol. The number of aromatic hydroxyl groups is 2. The number of hydrogen-bond acceptors (Lipinski definition) is 3. The molecule has 0 aromatic heterocycles. The highest BCUT2D eigenvalue weighted by Gasteiger charge is 2.24. The minimum atomic E-state index is -1.15. The van der Waals surface area contributed by atoms with Crippen molar-refractivity contribution in [3.05, 3.63) is 34.4 Å². The van der Waals surface area contributed by atoms with Gasteiger partial charge in [0.1, 0.15) is 17.1 Å². The van der Waals surface area contributed by atoms with E-state index in [-0.39, 0.29) is 23.0 Å². The zero-order chi connectivity index (χ0) is 18.3. The van der Waals surface area contributed by atoms with Crippen molar-refractivity contribution < 1.29 is 20.1 Å². The molecule has 24 heavy (non-hydrogen) atoms. The third kappa shape index (κ3) is 5.02. The largest absolute Gasteiger partial charge is 0.507 e. The lowest BCUT2D eigenvalue weighted by Gasteiger charge is -2.18. The minimum Gasteiger partial charge on any atom is -0.507 e. The molecule has 0 aliphatic rings. The maximum absolute atomic E-state index is 11.6. The summed E-state index contributed by atoms with van der Waals surface area (Å²) >= 11 is 0. The van der Waals surface area contributed by atoms with E-state index in [0.717, 1.165) is 37.7 Å². The van der Waals surface area contributed by atoms with Gasteiger partial charge >= 0.3 is 5.97 Å². The van der Waals surface area contributed by atoms with Gasteiger partial charge in [0.15, 0.2) is 0 Å². The lowest BCUT2D eigenvalue weighted by atomic mass is 9.90. The van der Waals surface area contributed by atoms with E-state index in [1.807, 2.05) is 19.9 Å². The zero-order valence-electron chi connectivity index (χ0n) is 15.2. The molecule has 0 amide bonds. The van der Waals surface area contributed by atoms with Gasteiger partial charge < -0.3 is 15.3 Å². The molecular weight excluding hydrogens is 304 g/mol. The Labute approximate surface area is 144 Å². The first-order chi connectivity index (χ1) is 11.3. The molecule has 0 saturated heterocycles. The van der Waals surface area contributed by atoms with E-state index in [4.69, 9.17) is 0 Å². The summed E-state index contributed by atoms with van der Waals surface area (Å²) in [6, 6.07) is 1.51. The molecule has 4 nitrogen and oxygen atoms in total. The standard InChI is InChI=1S/C20H30O4/c1-5-7-8-10-15-12-16(21)17(19(22)18(15)20(23)24)14(4)11-13(3)9-6-2/h11-12,14,21-22H,5-10H2,1-4H3,(H,23,24)/b13-11-. The summed E-state index contributed by atoms with van der Waals surface area (Å²) < 4.78 is 0. The minimum absolute atomic E-state index is 0.0305. The first-order valence-electron chi connectivity index (χ1n) is 8.81. The molecule has 0 aliphatic heterocycles. The van der Waals surface area contributed by atoms with Gasteiger partial charge in [0, 0.05) is 11.5 Å². The molecule has 1 aromatic carbocycles. The third-order valence-electron chi connectivity index (χ3n) is 4.30. The molecule has 0 heterocycles.